The first-order valence-corrected chi connectivity index (χ1v) is 8.10. The van der Waals surface area contributed by atoms with Crippen LogP contribution in [0.5, 0.6) is 5.75 Å². The molecule has 1 fully saturated rings. The van der Waals surface area contributed by atoms with Gasteiger partial charge in [-0.15, -0.1) is 0 Å². The van der Waals surface area contributed by atoms with Crippen molar-refractivity contribution >= 4 is 0 Å². The standard InChI is InChI=1S/C18H30NO2/c1-5-19(2,3)14-16-9-6-7-12-18(16,20)15-10-8-11-17(13-15)21-4/h8,10-11,13,16,20H,5-7,9,12,14H2,1-4H3/q+1/t16-,18-/m1/s1. The van der Waals surface area contributed by atoms with Crippen LogP contribution in [-0.2, 0) is 5.60 Å². The van der Waals surface area contributed by atoms with E-state index in [1.54, 1.807) is 7.11 Å². The van der Waals surface area contributed by atoms with E-state index in [4.69, 9.17) is 4.74 Å². The van der Waals surface area contributed by atoms with Crippen molar-refractivity contribution < 1.29 is 14.3 Å². The second-order valence-corrected chi connectivity index (χ2v) is 7.03. The molecule has 3 nitrogen and oxygen atoms in total. The molecule has 3 heteroatoms. The molecular weight excluding hydrogens is 262 g/mol. The molecule has 0 unspecified atom stereocenters. The predicted molar refractivity (Wildman–Crippen MR) is 86.4 cm³/mol. The molecule has 1 aliphatic rings. The fraction of sp³-hybridized carbons (Fsp3) is 0.667. The van der Waals surface area contributed by atoms with Gasteiger partial charge >= 0.3 is 0 Å². The summed E-state index contributed by atoms with van der Waals surface area (Å²) in [6.45, 7) is 4.32. The van der Waals surface area contributed by atoms with Crippen LogP contribution in [0.3, 0.4) is 0 Å². The lowest BCUT2D eigenvalue weighted by Crippen LogP contribution is -2.50. The molecule has 2 rings (SSSR count). The van der Waals surface area contributed by atoms with E-state index in [2.05, 4.69) is 21.0 Å². The second-order valence-electron chi connectivity index (χ2n) is 7.03. The Morgan fingerprint density at radius 2 is 2.10 bits per heavy atom. The Morgan fingerprint density at radius 3 is 2.76 bits per heavy atom. The number of quaternary nitrogens is 1. The van der Waals surface area contributed by atoms with Crippen molar-refractivity contribution in [2.24, 2.45) is 5.92 Å². The van der Waals surface area contributed by atoms with Crippen LogP contribution in [0.15, 0.2) is 24.3 Å². The van der Waals surface area contributed by atoms with Gasteiger partial charge in [0.15, 0.2) is 0 Å². The number of nitrogens with zero attached hydrogens (tertiary/aromatic N) is 1. The number of rotatable bonds is 5. The normalized spacial score (nSPS) is 26.6. The van der Waals surface area contributed by atoms with E-state index in [-0.39, 0.29) is 0 Å². The highest BCUT2D eigenvalue weighted by atomic mass is 16.5. The molecule has 1 N–H and O–H groups in total. The average molecular weight is 292 g/mol. The molecule has 1 aromatic rings. The molecule has 1 aromatic carbocycles. The summed E-state index contributed by atoms with van der Waals surface area (Å²) < 4.78 is 6.29. The Balaban J connectivity index is 2.30. The topological polar surface area (TPSA) is 29.5 Å². The molecule has 1 saturated carbocycles. The highest BCUT2D eigenvalue weighted by Gasteiger charge is 2.43. The third-order valence-electron chi connectivity index (χ3n) is 5.18. The summed E-state index contributed by atoms with van der Waals surface area (Å²) in [6, 6.07) is 7.98. The Morgan fingerprint density at radius 1 is 1.33 bits per heavy atom. The lowest BCUT2D eigenvalue weighted by Gasteiger charge is -2.44. The van der Waals surface area contributed by atoms with Crippen molar-refractivity contribution in [2.45, 2.75) is 38.2 Å². The van der Waals surface area contributed by atoms with Gasteiger partial charge in [-0.2, -0.15) is 0 Å². The third kappa shape index (κ3) is 3.58. The zero-order valence-corrected chi connectivity index (χ0v) is 13.9. The lowest BCUT2D eigenvalue weighted by atomic mass is 9.71. The molecule has 0 heterocycles. The Labute approximate surface area is 129 Å². The van der Waals surface area contributed by atoms with Crippen LogP contribution in [0.25, 0.3) is 0 Å². The van der Waals surface area contributed by atoms with Gasteiger partial charge < -0.3 is 14.3 Å². The van der Waals surface area contributed by atoms with Crippen LogP contribution >= 0.6 is 0 Å². The summed E-state index contributed by atoms with van der Waals surface area (Å²) in [6.07, 6.45) is 4.29. The molecule has 21 heavy (non-hydrogen) atoms. The molecule has 0 spiro atoms. The fourth-order valence-electron chi connectivity index (χ4n) is 3.47. The molecule has 0 amide bonds. The molecule has 0 aliphatic heterocycles. The SMILES string of the molecule is CC[N+](C)(C)C[C@H]1CCCC[C@@]1(O)c1cccc(OC)c1. The Kier molecular flexibility index (Phi) is 4.95. The van der Waals surface area contributed by atoms with E-state index in [9.17, 15) is 5.11 Å². The van der Waals surface area contributed by atoms with Crippen LogP contribution < -0.4 is 4.74 Å². The number of methoxy groups -OCH3 is 1. The minimum atomic E-state index is -0.711. The largest absolute Gasteiger partial charge is 0.497 e. The maximum absolute atomic E-state index is 11.4. The number of hydrogen-bond acceptors (Lipinski definition) is 2. The highest BCUT2D eigenvalue weighted by molar-refractivity contribution is 5.33. The minimum Gasteiger partial charge on any atom is -0.497 e. The van der Waals surface area contributed by atoms with Gasteiger partial charge in [-0.25, -0.2) is 0 Å². The highest BCUT2D eigenvalue weighted by Crippen LogP contribution is 2.43. The molecule has 0 saturated heterocycles. The van der Waals surface area contributed by atoms with Crippen molar-refractivity contribution in [1.29, 1.82) is 0 Å². The molecule has 118 valence electrons. The van der Waals surface area contributed by atoms with Crippen molar-refractivity contribution in [1.82, 2.24) is 0 Å². The van der Waals surface area contributed by atoms with E-state index >= 15 is 0 Å². The molecule has 0 radical (unpaired) electrons. The van der Waals surface area contributed by atoms with E-state index < -0.39 is 5.60 Å². The summed E-state index contributed by atoms with van der Waals surface area (Å²) in [4.78, 5) is 0. The van der Waals surface area contributed by atoms with Gasteiger partial charge in [-0.3, -0.25) is 0 Å². The van der Waals surface area contributed by atoms with Gasteiger partial charge in [0, 0.05) is 5.92 Å². The van der Waals surface area contributed by atoms with Gasteiger partial charge in [0.25, 0.3) is 0 Å². The number of hydrogen-bond donors (Lipinski definition) is 1. The molecule has 2 atom stereocenters. The van der Waals surface area contributed by atoms with Crippen molar-refractivity contribution in [3.8, 4) is 5.75 Å². The van der Waals surface area contributed by atoms with Crippen LogP contribution in [-0.4, -0.2) is 43.9 Å². The average Bonchev–Trinajstić information content (AvgIpc) is 2.49. The quantitative estimate of drug-likeness (QED) is 0.845. The van der Waals surface area contributed by atoms with Crippen LogP contribution in [0, 0.1) is 5.92 Å². The Bertz CT molecular complexity index is 472. The molecule has 1 aliphatic carbocycles. The monoisotopic (exact) mass is 292 g/mol. The first-order valence-electron chi connectivity index (χ1n) is 8.10. The first kappa shape index (κ1) is 16.3. The van der Waals surface area contributed by atoms with E-state index in [1.807, 2.05) is 24.3 Å². The predicted octanol–water partition coefficient (Wildman–Crippen LogP) is 3.17. The summed E-state index contributed by atoms with van der Waals surface area (Å²) >= 11 is 0. The fourth-order valence-corrected chi connectivity index (χ4v) is 3.47. The zero-order chi connectivity index (χ0) is 15.5. The van der Waals surface area contributed by atoms with Gasteiger partial charge in [0.2, 0.25) is 0 Å². The third-order valence-corrected chi connectivity index (χ3v) is 5.18. The molecule has 0 aromatic heterocycles. The summed E-state index contributed by atoms with van der Waals surface area (Å²) in [5.74, 6) is 1.14. The van der Waals surface area contributed by atoms with Gasteiger partial charge in [0.1, 0.15) is 5.75 Å². The van der Waals surface area contributed by atoms with Crippen molar-refractivity contribution in [2.75, 3.05) is 34.3 Å². The first-order chi connectivity index (χ1) is 9.91. The van der Waals surface area contributed by atoms with Gasteiger partial charge in [-0.1, -0.05) is 25.0 Å². The van der Waals surface area contributed by atoms with Gasteiger partial charge in [0.05, 0.1) is 39.9 Å². The maximum Gasteiger partial charge on any atom is 0.119 e. The Hall–Kier alpha value is -1.06. The minimum absolute atomic E-state index is 0.313. The van der Waals surface area contributed by atoms with E-state index in [0.29, 0.717) is 5.92 Å². The summed E-state index contributed by atoms with van der Waals surface area (Å²) in [5, 5.41) is 11.4. The zero-order valence-electron chi connectivity index (χ0n) is 13.9. The van der Waals surface area contributed by atoms with Crippen molar-refractivity contribution in [3.05, 3.63) is 29.8 Å². The summed E-state index contributed by atoms with van der Waals surface area (Å²) in [5.41, 5.74) is 0.306. The number of aliphatic hydroxyl groups is 1. The van der Waals surface area contributed by atoms with Crippen LogP contribution in [0.1, 0.15) is 38.2 Å². The smallest absolute Gasteiger partial charge is 0.119 e. The molecular formula is C18H30NO2+. The van der Waals surface area contributed by atoms with Crippen LogP contribution in [0.2, 0.25) is 0 Å². The van der Waals surface area contributed by atoms with Crippen molar-refractivity contribution in [3.63, 3.8) is 0 Å². The van der Waals surface area contributed by atoms with E-state index in [0.717, 1.165) is 48.1 Å². The van der Waals surface area contributed by atoms with E-state index in [1.165, 1.54) is 6.42 Å². The molecule has 0 bridgehead atoms. The second kappa shape index (κ2) is 6.37. The van der Waals surface area contributed by atoms with Gasteiger partial charge in [-0.05, 0) is 37.5 Å². The number of benzene rings is 1. The summed E-state index contributed by atoms with van der Waals surface area (Å²) in [7, 11) is 6.18. The maximum atomic E-state index is 11.4. The number of ether oxygens (including phenoxy) is 1. The lowest BCUT2D eigenvalue weighted by molar-refractivity contribution is -0.893. The van der Waals surface area contributed by atoms with Crippen LogP contribution in [0.4, 0.5) is 0 Å².